The molecular weight excluding hydrogens is 324 g/mol. The SMILES string of the molecule is O=C(c1ccc(SC(F)F)cc1)N1CCC2(CC1)OCCCO2. The summed E-state index contributed by atoms with van der Waals surface area (Å²) in [5.41, 5.74) is 0.519. The lowest BCUT2D eigenvalue weighted by Crippen LogP contribution is -2.51. The molecular formula is C16H19F2NO3S. The Kier molecular flexibility index (Phi) is 5.18. The average Bonchev–Trinajstić information content (AvgIpc) is 2.56. The van der Waals surface area contributed by atoms with Crippen LogP contribution in [0.25, 0.3) is 0 Å². The second-order valence-electron chi connectivity index (χ2n) is 5.66. The van der Waals surface area contributed by atoms with E-state index in [2.05, 4.69) is 0 Å². The predicted octanol–water partition coefficient (Wildman–Crippen LogP) is 3.37. The van der Waals surface area contributed by atoms with Gasteiger partial charge in [0, 0.05) is 36.4 Å². The summed E-state index contributed by atoms with van der Waals surface area (Å²) >= 11 is 0.478. The standard InChI is InChI=1S/C16H19F2NO3S/c17-15(18)23-13-4-2-12(3-5-13)14(20)19-8-6-16(7-9-19)21-10-1-11-22-16/h2-5,15H,1,6-11H2. The Balaban J connectivity index is 1.58. The van der Waals surface area contributed by atoms with Gasteiger partial charge in [-0.2, -0.15) is 8.78 Å². The van der Waals surface area contributed by atoms with Gasteiger partial charge in [-0.3, -0.25) is 4.79 Å². The zero-order valence-electron chi connectivity index (χ0n) is 12.7. The molecule has 2 fully saturated rings. The molecule has 1 spiro atoms. The van der Waals surface area contributed by atoms with Crippen LogP contribution >= 0.6 is 11.8 Å². The molecule has 126 valence electrons. The largest absolute Gasteiger partial charge is 0.350 e. The predicted molar refractivity (Wildman–Crippen MR) is 82.7 cm³/mol. The van der Waals surface area contributed by atoms with E-state index in [1.165, 1.54) is 0 Å². The number of carbonyl (C=O) groups is 1. The molecule has 0 aromatic heterocycles. The van der Waals surface area contributed by atoms with Crippen LogP contribution in [0.3, 0.4) is 0 Å². The number of rotatable bonds is 3. The Morgan fingerprint density at radius 3 is 2.30 bits per heavy atom. The summed E-state index contributed by atoms with van der Waals surface area (Å²) < 4.78 is 36.1. The van der Waals surface area contributed by atoms with Gasteiger partial charge < -0.3 is 14.4 Å². The number of amides is 1. The van der Waals surface area contributed by atoms with E-state index < -0.39 is 11.5 Å². The average molecular weight is 343 g/mol. The summed E-state index contributed by atoms with van der Waals surface area (Å²) in [4.78, 5) is 14.7. The van der Waals surface area contributed by atoms with Crippen LogP contribution in [0.4, 0.5) is 8.78 Å². The maximum atomic E-state index is 12.5. The van der Waals surface area contributed by atoms with E-state index in [1.807, 2.05) is 0 Å². The van der Waals surface area contributed by atoms with Gasteiger partial charge in [0.1, 0.15) is 0 Å². The van der Waals surface area contributed by atoms with Gasteiger partial charge in [0.25, 0.3) is 11.7 Å². The van der Waals surface area contributed by atoms with Gasteiger partial charge in [-0.25, -0.2) is 0 Å². The number of halogens is 2. The first-order chi connectivity index (χ1) is 11.1. The summed E-state index contributed by atoms with van der Waals surface area (Å²) in [6, 6.07) is 6.32. The fraction of sp³-hybridized carbons (Fsp3) is 0.562. The first-order valence-corrected chi connectivity index (χ1v) is 8.58. The van der Waals surface area contributed by atoms with Gasteiger partial charge in [-0.1, -0.05) is 11.8 Å². The van der Waals surface area contributed by atoms with Crippen LogP contribution in [-0.4, -0.2) is 48.7 Å². The second kappa shape index (κ2) is 7.15. The highest BCUT2D eigenvalue weighted by molar-refractivity contribution is 7.99. The smallest absolute Gasteiger partial charge is 0.288 e. The van der Waals surface area contributed by atoms with Crippen LogP contribution in [-0.2, 0) is 9.47 Å². The Hall–Kier alpha value is -1.18. The fourth-order valence-corrected chi connectivity index (χ4v) is 3.42. The number of hydrogen-bond acceptors (Lipinski definition) is 4. The molecule has 1 amide bonds. The lowest BCUT2D eigenvalue weighted by atomic mass is 10.0. The molecule has 2 saturated heterocycles. The molecule has 23 heavy (non-hydrogen) atoms. The Labute approximate surface area is 138 Å². The topological polar surface area (TPSA) is 38.8 Å². The monoisotopic (exact) mass is 343 g/mol. The molecule has 4 nitrogen and oxygen atoms in total. The number of piperidine rings is 1. The van der Waals surface area contributed by atoms with Crippen molar-refractivity contribution in [3.05, 3.63) is 29.8 Å². The summed E-state index contributed by atoms with van der Waals surface area (Å²) in [5.74, 6) is -3.05. The molecule has 0 saturated carbocycles. The van der Waals surface area contributed by atoms with Crippen molar-refractivity contribution in [2.75, 3.05) is 26.3 Å². The molecule has 0 unspecified atom stereocenters. The van der Waals surface area contributed by atoms with Crippen molar-refractivity contribution >= 4 is 17.7 Å². The van der Waals surface area contributed by atoms with Crippen molar-refractivity contribution in [2.45, 2.75) is 35.7 Å². The molecule has 0 aliphatic carbocycles. The van der Waals surface area contributed by atoms with Gasteiger partial charge in [-0.05, 0) is 30.7 Å². The van der Waals surface area contributed by atoms with Gasteiger partial charge >= 0.3 is 0 Å². The quantitative estimate of drug-likeness (QED) is 0.789. The van der Waals surface area contributed by atoms with Crippen molar-refractivity contribution < 1.29 is 23.0 Å². The van der Waals surface area contributed by atoms with Crippen LogP contribution in [0.2, 0.25) is 0 Å². The first kappa shape index (κ1) is 16.7. The van der Waals surface area contributed by atoms with Crippen LogP contribution in [0.1, 0.15) is 29.6 Å². The number of alkyl halides is 2. The van der Waals surface area contributed by atoms with Gasteiger partial charge in [0.05, 0.1) is 13.2 Å². The molecule has 1 aromatic rings. The normalized spacial score (nSPS) is 20.9. The van der Waals surface area contributed by atoms with Gasteiger partial charge in [-0.15, -0.1) is 0 Å². The van der Waals surface area contributed by atoms with Crippen molar-refractivity contribution in [3.63, 3.8) is 0 Å². The molecule has 0 atom stereocenters. The molecule has 3 rings (SSSR count). The second-order valence-corrected chi connectivity index (χ2v) is 6.72. The van der Waals surface area contributed by atoms with E-state index >= 15 is 0 Å². The zero-order valence-corrected chi connectivity index (χ0v) is 13.5. The van der Waals surface area contributed by atoms with E-state index in [1.54, 1.807) is 29.2 Å². The number of nitrogens with zero attached hydrogens (tertiary/aromatic N) is 1. The zero-order chi connectivity index (χ0) is 16.3. The number of hydrogen-bond donors (Lipinski definition) is 0. The third kappa shape index (κ3) is 4.02. The van der Waals surface area contributed by atoms with E-state index in [0.29, 0.717) is 61.4 Å². The van der Waals surface area contributed by atoms with E-state index in [0.717, 1.165) is 6.42 Å². The van der Waals surface area contributed by atoms with Gasteiger partial charge in [0.15, 0.2) is 5.79 Å². The lowest BCUT2D eigenvalue weighted by molar-refractivity contribution is -0.281. The summed E-state index contributed by atoms with van der Waals surface area (Å²) in [7, 11) is 0. The minimum Gasteiger partial charge on any atom is -0.350 e. The Morgan fingerprint density at radius 1 is 1.13 bits per heavy atom. The summed E-state index contributed by atoms with van der Waals surface area (Å²) in [6.45, 7) is 2.56. The molecule has 2 aliphatic heterocycles. The third-order valence-corrected chi connectivity index (χ3v) is 4.88. The first-order valence-electron chi connectivity index (χ1n) is 7.70. The molecule has 7 heteroatoms. The van der Waals surface area contributed by atoms with Crippen molar-refractivity contribution in [1.82, 2.24) is 4.90 Å². The van der Waals surface area contributed by atoms with Crippen LogP contribution in [0.5, 0.6) is 0 Å². The Bertz CT molecular complexity index is 537. The van der Waals surface area contributed by atoms with Crippen LogP contribution < -0.4 is 0 Å². The molecule has 0 radical (unpaired) electrons. The molecule has 0 bridgehead atoms. The number of ether oxygens (including phenoxy) is 2. The maximum Gasteiger partial charge on any atom is 0.288 e. The minimum absolute atomic E-state index is 0.0794. The number of thioether (sulfide) groups is 1. The highest BCUT2D eigenvalue weighted by Crippen LogP contribution is 2.31. The highest BCUT2D eigenvalue weighted by atomic mass is 32.2. The minimum atomic E-state index is -2.45. The van der Waals surface area contributed by atoms with E-state index in [-0.39, 0.29) is 5.91 Å². The van der Waals surface area contributed by atoms with Crippen molar-refractivity contribution in [1.29, 1.82) is 0 Å². The number of carbonyl (C=O) groups excluding carboxylic acids is 1. The summed E-state index contributed by atoms with van der Waals surface area (Å²) in [5, 5.41) is 0. The van der Waals surface area contributed by atoms with Gasteiger partial charge in [0.2, 0.25) is 0 Å². The highest BCUT2D eigenvalue weighted by Gasteiger charge is 2.39. The van der Waals surface area contributed by atoms with Crippen LogP contribution in [0.15, 0.2) is 29.2 Å². The number of benzene rings is 1. The molecule has 2 aliphatic rings. The molecule has 2 heterocycles. The lowest BCUT2D eigenvalue weighted by Gasteiger charge is -2.43. The van der Waals surface area contributed by atoms with Crippen molar-refractivity contribution in [2.24, 2.45) is 0 Å². The van der Waals surface area contributed by atoms with E-state index in [9.17, 15) is 13.6 Å². The number of likely N-dealkylation sites (tertiary alicyclic amines) is 1. The van der Waals surface area contributed by atoms with Crippen molar-refractivity contribution in [3.8, 4) is 0 Å². The molecule has 1 aromatic carbocycles. The third-order valence-electron chi connectivity index (χ3n) is 4.16. The maximum absolute atomic E-state index is 12.5. The Morgan fingerprint density at radius 2 is 1.74 bits per heavy atom. The van der Waals surface area contributed by atoms with Crippen LogP contribution in [0, 0.1) is 0 Å². The summed E-state index contributed by atoms with van der Waals surface area (Å²) in [6.07, 6.45) is 2.24. The molecule has 0 N–H and O–H groups in total. The fourth-order valence-electron chi connectivity index (χ4n) is 2.92. The van der Waals surface area contributed by atoms with E-state index in [4.69, 9.17) is 9.47 Å².